The second kappa shape index (κ2) is 28.2. The van der Waals surface area contributed by atoms with Crippen LogP contribution in [0.15, 0.2) is 0 Å². The zero-order valence-corrected chi connectivity index (χ0v) is 26.6. The van der Waals surface area contributed by atoms with Crippen LogP contribution in [-0.2, 0) is 28.2 Å². The Hall–Kier alpha value is -0.950. The second-order valence-electron chi connectivity index (χ2n) is 11.1. The molecule has 0 heterocycles. The van der Waals surface area contributed by atoms with Crippen molar-refractivity contribution >= 4 is 19.8 Å². The number of unbranched alkanes of at least 4 members (excludes halogenated alkanes) is 20. The van der Waals surface area contributed by atoms with Gasteiger partial charge in [-0.2, -0.15) is 0 Å². The summed E-state index contributed by atoms with van der Waals surface area (Å²) in [5, 5.41) is 0. The Kier molecular flexibility index (Phi) is 27.5. The summed E-state index contributed by atoms with van der Waals surface area (Å²) < 4.78 is 25.6. The molecule has 0 saturated heterocycles. The third-order valence-electron chi connectivity index (χ3n) is 7.12. The van der Waals surface area contributed by atoms with Crippen LogP contribution in [0.2, 0.25) is 0 Å². The molecule has 0 rings (SSSR count). The number of rotatable bonds is 30. The predicted octanol–water partition coefficient (Wildman–Crippen LogP) is 7.69. The van der Waals surface area contributed by atoms with E-state index in [-0.39, 0.29) is 19.4 Å². The van der Waals surface area contributed by atoms with Gasteiger partial charge in [-0.15, -0.1) is 0 Å². The Morgan fingerprint density at radius 3 is 1.27 bits per heavy atom. The Morgan fingerprint density at radius 1 is 0.550 bits per heavy atom. The maximum absolute atomic E-state index is 12.2. The molecule has 0 aliphatic heterocycles. The van der Waals surface area contributed by atoms with Gasteiger partial charge in [0.1, 0.15) is 6.61 Å². The summed E-state index contributed by atoms with van der Waals surface area (Å²) in [7, 11) is -5.23. The first-order valence-electron chi connectivity index (χ1n) is 16.3. The maximum Gasteiger partial charge on any atom is 0.306 e. The Morgan fingerprint density at radius 2 is 0.900 bits per heavy atom. The SMILES string of the molecule is CCCCCCCCCCCCCC(=O)OC[C@H](COP(=O)([O-])[O-])OC(=O)CCCCCCCCCCCCC. The van der Waals surface area contributed by atoms with Crippen molar-refractivity contribution in [3.8, 4) is 0 Å². The molecular formula is C31H59O8P-2. The standard InChI is InChI=1S/C31H61O8P/c1-3-5-7-9-11-13-15-17-19-21-23-25-30(32)37-27-29(28-38-40(34,35)36)39-31(33)26-24-22-20-18-16-14-12-10-8-6-4-2/h29H,3-28H2,1-2H3,(H2,34,35,36)/p-2/t29-/m1/s1. The van der Waals surface area contributed by atoms with Crippen molar-refractivity contribution in [2.24, 2.45) is 0 Å². The van der Waals surface area contributed by atoms with E-state index in [1.807, 2.05) is 0 Å². The zero-order chi connectivity index (χ0) is 29.7. The normalized spacial score (nSPS) is 12.4. The minimum absolute atomic E-state index is 0.187. The molecule has 0 fully saturated rings. The van der Waals surface area contributed by atoms with Gasteiger partial charge in [0.25, 0.3) is 0 Å². The van der Waals surface area contributed by atoms with Crippen LogP contribution in [0.5, 0.6) is 0 Å². The Labute approximate surface area is 244 Å². The summed E-state index contributed by atoms with van der Waals surface area (Å²) in [5.41, 5.74) is 0. The quantitative estimate of drug-likeness (QED) is 0.0473. The number of phosphoric acid groups is 1. The third-order valence-corrected chi connectivity index (χ3v) is 7.58. The molecule has 8 nitrogen and oxygen atoms in total. The molecule has 0 aromatic rings. The first-order chi connectivity index (χ1) is 19.3. The summed E-state index contributed by atoms with van der Waals surface area (Å²) in [5.74, 6) is -0.952. The molecule has 0 unspecified atom stereocenters. The van der Waals surface area contributed by atoms with Crippen LogP contribution in [0.25, 0.3) is 0 Å². The fraction of sp³-hybridized carbons (Fsp3) is 0.935. The predicted molar refractivity (Wildman–Crippen MR) is 157 cm³/mol. The van der Waals surface area contributed by atoms with Gasteiger partial charge in [-0.05, 0) is 12.8 Å². The lowest BCUT2D eigenvalue weighted by Gasteiger charge is -2.30. The van der Waals surface area contributed by atoms with Crippen molar-refractivity contribution in [2.45, 2.75) is 174 Å². The molecule has 0 aliphatic carbocycles. The van der Waals surface area contributed by atoms with E-state index in [9.17, 15) is 23.9 Å². The van der Waals surface area contributed by atoms with Crippen molar-refractivity contribution in [3.63, 3.8) is 0 Å². The highest BCUT2D eigenvalue weighted by molar-refractivity contribution is 7.43. The summed E-state index contributed by atoms with van der Waals surface area (Å²) in [6.45, 7) is 3.46. The third kappa shape index (κ3) is 30.0. The van der Waals surface area contributed by atoms with Crippen molar-refractivity contribution in [1.29, 1.82) is 0 Å². The molecule has 0 bridgehead atoms. The molecule has 0 saturated carbocycles. The van der Waals surface area contributed by atoms with Gasteiger partial charge in [0, 0.05) is 12.8 Å². The first kappa shape index (κ1) is 39.0. The maximum atomic E-state index is 12.2. The molecule has 9 heteroatoms. The van der Waals surface area contributed by atoms with Crippen LogP contribution in [0.3, 0.4) is 0 Å². The lowest BCUT2D eigenvalue weighted by Crippen LogP contribution is -2.31. The van der Waals surface area contributed by atoms with E-state index >= 15 is 0 Å². The average Bonchev–Trinajstić information content (AvgIpc) is 2.91. The van der Waals surface area contributed by atoms with Crippen LogP contribution >= 0.6 is 7.82 Å². The highest BCUT2D eigenvalue weighted by Gasteiger charge is 2.18. The minimum atomic E-state index is -5.23. The van der Waals surface area contributed by atoms with Gasteiger partial charge >= 0.3 is 11.9 Å². The van der Waals surface area contributed by atoms with Crippen molar-refractivity contribution < 1.29 is 37.9 Å². The van der Waals surface area contributed by atoms with Crippen molar-refractivity contribution in [3.05, 3.63) is 0 Å². The molecule has 0 aliphatic rings. The summed E-state index contributed by atoms with van der Waals surface area (Å²) >= 11 is 0. The molecule has 0 radical (unpaired) electrons. The molecule has 40 heavy (non-hydrogen) atoms. The second-order valence-corrected chi connectivity index (χ2v) is 12.3. The number of hydrogen-bond donors (Lipinski definition) is 0. The van der Waals surface area contributed by atoms with E-state index in [1.165, 1.54) is 96.3 Å². The van der Waals surface area contributed by atoms with Gasteiger partial charge in [-0.1, -0.05) is 142 Å². The lowest BCUT2D eigenvalue weighted by atomic mass is 10.1. The highest BCUT2D eigenvalue weighted by Crippen LogP contribution is 2.25. The largest absolute Gasteiger partial charge is 0.790 e. The average molecular weight is 591 g/mol. The molecule has 0 N–H and O–H groups in total. The Bertz CT molecular complexity index is 637. The number of phosphoric ester groups is 1. The summed E-state index contributed by atoms with van der Waals surface area (Å²) in [4.78, 5) is 46.1. The van der Waals surface area contributed by atoms with E-state index in [1.54, 1.807) is 0 Å². The number of carbonyl (C=O) groups is 2. The van der Waals surface area contributed by atoms with E-state index in [4.69, 9.17) is 9.47 Å². The Balaban J connectivity index is 4.01. The fourth-order valence-electron chi connectivity index (χ4n) is 4.66. The molecular weight excluding hydrogens is 531 g/mol. The van der Waals surface area contributed by atoms with Crippen LogP contribution < -0.4 is 9.79 Å². The summed E-state index contributed by atoms with van der Waals surface area (Å²) in [6, 6.07) is 0. The summed E-state index contributed by atoms with van der Waals surface area (Å²) in [6.07, 6.45) is 25.0. The molecule has 1 atom stereocenters. The van der Waals surface area contributed by atoms with Gasteiger partial charge in [0.15, 0.2) is 6.10 Å². The number of hydrogen-bond acceptors (Lipinski definition) is 8. The van der Waals surface area contributed by atoms with E-state index in [0.717, 1.165) is 32.1 Å². The van der Waals surface area contributed by atoms with Gasteiger partial charge < -0.3 is 28.3 Å². The zero-order valence-electron chi connectivity index (χ0n) is 25.7. The highest BCUT2D eigenvalue weighted by atomic mass is 31.2. The fourth-order valence-corrected chi connectivity index (χ4v) is 5.01. The van der Waals surface area contributed by atoms with Gasteiger partial charge in [-0.25, -0.2) is 0 Å². The molecule has 0 spiro atoms. The van der Waals surface area contributed by atoms with Crippen LogP contribution in [-0.4, -0.2) is 31.3 Å². The number of ether oxygens (including phenoxy) is 2. The molecule has 0 aromatic heterocycles. The topological polar surface area (TPSA) is 125 Å². The van der Waals surface area contributed by atoms with Gasteiger partial charge in [0.05, 0.1) is 14.4 Å². The molecule has 0 amide bonds. The number of esters is 2. The first-order valence-corrected chi connectivity index (χ1v) is 17.8. The smallest absolute Gasteiger partial charge is 0.306 e. The van der Waals surface area contributed by atoms with E-state index < -0.39 is 32.5 Å². The monoisotopic (exact) mass is 590 g/mol. The van der Waals surface area contributed by atoms with Gasteiger partial charge in [0.2, 0.25) is 0 Å². The van der Waals surface area contributed by atoms with E-state index in [2.05, 4.69) is 18.4 Å². The molecule has 0 aromatic carbocycles. The van der Waals surface area contributed by atoms with Gasteiger partial charge in [-0.3, -0.25) is 9.59 Å². The minimum Gasteiger partial charge on any atom is -0.790 e. The van der Waals surface area contributed by atoms with Crippen LogP contribution in [0.1, 0.15) is 168 Å². The number of carbonyl (C=O) groups excluding carboxylic acids is 2. The molecule has 238 valence electrons. The van der Waals surface area contributed by atoms with E-state index in [0.29, 0.717) is 12.8 Å². The van der Waals surface area contributed by atoms with Crippen molar-refractivity contribution in [2.75, 3.05) is 13.2 Å². The van der Waals surface area contributed by atoms with Crippen LogP contribution in [0.4, 0.5) is 0 Å². The van der Waals surface area contributed by atoms with Crippen LogP contribution in [0, 0.1) is 0 Å². The lowest BCUT2D eigenvalue weighted by molar-refractivity contribution is -0.343. The van der Waals surface area contributed by atoms with Crippen molar-refractivity contribution in [1.82, 2.24) is 0 Å².